The van der Waals surface area contributed by atoms with Gasteiger partial charge in [0.2, 0.25) is 5.91 Å². The van der Waals surface area contributed by atoms with Gasteiger partial charge in [-0.3, -0.25) is 4.79 Å². The number of nitrogens with one attached hydrogen (secondary N) is 1. The van der Waals surface area contributed by atoms with Crippen LogP contribution in [-0.4, -0.2) is 28.3 Å². The predicted octanol–water partition coefficient (Wildman–Crippen LogP) is 3.07. The van der Waals surface area contributed by atoms with Gasteiger partial charge in [0.15, 0.2) is 0 Å². The largest absolute Gasteiger partial charge is 0.480 e. The number of hydrogen-bond acceptors (Lipinski definition) is 3. The fraction of sp³-hybridized carbons (Fsp3) is 0.500. The van der Waals surface area contributed by atoms with Crippen molar-refractivity contribution in [2.75, 3.05) is 5.75 Å². The molecular formula is C16H21NO3S. The van der Waals surface area contributed by atoms with Crippen LogP contribution in [0.15, 0.2) is 35.2 Å². The van der Waals surface area contributed by atoms with E-state index in [1.807, 2.05) is 30.3 Å². The quantitative estimate of drug-likeness (QED) is 0.600. The van der Waals surface area contributed by atoms with Gasteiger partial charge in [-0.1, -0.05) is 31.0 Å². The molecule has 1 aliphatic rings. The summed E-state index contributed by atoms with van der Waals surface area (Å²) in [7, 11) is 0. The molecule has 0 aliphatic heterocycles. The molecular weight excluding hydrogens is 286 g/mol. The Morgan fingerprint density at radius 3 is 2.48 bits per heavy atom. The third kappa shape index (κ3) is 4.49. The predicted molar refractivity (Wildman–Crippen MR) is 83.4 cm³/mol. The van der Waals surface area contributed by atoms with Crippen LogP contribution in [0, 0.1) is 0 Å². The minimum absolute atomic E-state index is 0.145. The van der Waals surface area contributed by atoms with E-state index in [2.05, 4.69) is 5.32 Å². The Morgan fingerprint density at radius 1 is 1.19 bits per heavy atom. The highest BCUT2D eigenvalue weighted by Gasteiger charge is 2.42. The van der Waals surface area contributed by atoms with E-state index < -0.39 is 11.5 Å². The summed E-state index contributed by atoms with van der Waals surface area (Å²) in [5.74, 6) is -0.183. The summed E-state index contributed by atoms with van der Waals surface area (Å²) < 4.78 is 0. The first kappa shape index (κ1) is 15.9. The normalized spacial score (nSPS) is 16.6. The van der Waals surface area contributed by atoms with E-state index in [9.17, 15) is 14.7 Å². The molecule has 0 aromatic heterocycles. The van der Waals surface area contributed by atoms with Crippen LogP contribution in [0.4, 0.5) is 0 Å². The first-order valence-corrected chi connectivity index (χ1v) is 8.33. The molecule has 1 aromatic rings. The van der Waals surface area contributed by atoms with E-state index in [1.165, 1.54) is 4.90 Å². The van der Waals surface area contributed by atoms with Gasteiger partial charge in [-0.25, -0.2) is 4.79 Å². The molecule has 0 saturated heterocycles. The average Bonchev–Trinajstić information content (AvgIpc) is 2.94. The van der Waals surface area contributed by atoms with Gasteiger partial charge >= 0.3 is 5.97 Å². The molecule has 2 N–H and O–H groups in total. The van der Waals surface area contributed by atoms with Crippen LogP contribution in [0.2, 0.25) is 0 Å². The number of thioether (sulfide) groups is 1. The van der Waals surface area contributed by atoms with E-state index >= 15 is 0 Å². The van der Waals surface area contributed by atoms with Crippen molar-refractivity contribution >= 4 is 23.6 Å². The van der Waals surface area contributed by atoms with Crippen molar-refractivity contribution in [1.82, 2.24) is 5.32 Å². The van der Waals surface area contributed by atoms with Gasteiger partial charge in [-0.2, -0.15) is 0 Å². The molecule has 1 aromatic carbocycles. The second-order valence-corrected chi connectivity index (χ2v) is 6.58. The Hall–Kier alpha value is -1.49. The van der Waals surface area contributed by atoms with Crippen LogP contribution >= 0.6 is 11.8 Å². The number of benzene rings is 1. The monoisotopic (exact) mass is 307 g/mol. The number of rotatable bonds is 7. The number of carboxylic acids is 1. The summed E-state index contributed by atoms with van der Waals surface area (Å²) in [4.78, 5) is 24.5. The van der Waals surface area contributed by atoms with Crippen LogP contribution in [0.25, 0.3) is 0 Å². The SMILES string of the molecule is O=C(CCCSc1ccccc1)NC1(C(=O)O)CCCC1. The molecule has 1 amide bonds. The standard InChI is InChI=1S/C16H21NO3S/c18-14(17-16(15(19)20)10-4-5-11-16)9-6-12-21-13-7-2-1-3-8-13/h1-3,7-8H,4-6,9-12H2,(H,17,18)(H,19,20). The molecule has 1 saturated carbocycles. The molecule has 0 radical (unpaired) electrons. The van der Waals surface area contributed by atoms with Crippen LogP contribution in [0.1, 0.15) is 38.5 Å². The lowest BCUT2D eigenvalue weighted by Gasteiger charge is -2.25. The smallest absolute Gasteiger partial charge is 0.329 e. The lowest BCUT2D eigenvalue weighted by molar-refractivity contribution is -0.147. The Bertz CT molecular complexity index is 484. The minimum Gasteiger partial charge on any atom is -0.480 e. The summed E-state index contributed by atoms with van der Waals surface area (Å²) in [5.41, 5.74) is -1.01. The number of aliphatic carboxylic acids is 1. The zero-order valence-electron chi connectivity index (χ0n) is 12.0. The molecule has 114 valence electrons. The first-order valence-electron chi connectivity index (χ1n) is 7.35. The molecule has 5 heteroatoms. The lowest BCUT2D eigenvalue weighted by Crippen LogP contribution is -2.52. The van der Waals surface area contributed by atoms with Crippen molar-refractivity contribution in [3.05, 3.63) is 30.3 Å². The Balaban J connectivity index is 1.71. The highest BCUT2D eigenvalue weighted by atomic mass is 32.2. The van der Waals surface area contributed by atoms with Gasteiger partial charge in [-0.05, 0) is 37.1 Å². The first-order chi connectivity index (χ1) is 10.1. The lowest BCUT2D eigenvalue weighted by atomic mass is 9.97. The summed E-state index contributed by atoms with van der Waals surface area (Å²) in [6.07, 6.45) is 3.97. The summed E-state index contributed by atoms with van der Waals surface area (Å²) in [6.45, 7) is 0. The molecule has 4 nitrogen and oxygen atoms in total. The molecule has 0 bridgehead atoms. The minimum atomic E-state index is -1.01. The van der Waals surface area contributed by atoms with E-state index in [4.69, 9.17) is 0 Å². The Morgan fingerprint density at radius 2 is 1.86 bits per heavy atom. The highest BCUT2D eigenvalue weighted by Crippen LogP contribution is 2.30. The van der Waals surface area contributed by atoms with Gasteiger partial charge < -0.3 is 10.4 Å². The maximum Gasteiger partial charge on any atom is 0.329 e. The Kier molecular flexibility index (Phi) is 5.67. The number of carbonyl (C=O) groups excluding carboxylic acids is 1. The van der Waals surface area contributed by atoms with Crippen molar-refractivity contribution in [2.24, 2.45) is 0 Å². The van der Waals surface area contributed by atoms with Crippen molar-refractivity contribution in [1.29, 1.82) is 0 Å². The fourth-order valence-electron chi connectivity index (χ4n) is 2.64. The summed E-state index contributed by atoms with van der Waals surface area (Å²) in [6, 6.07) is 10.0. The zero-order chi connectivity index (χ0) is 15.1. The highest BCUT2D eigenvalue weighted by molar-refractivity contribution is 7.99. The van der Waals surface area contributed by atoms with Crippen molar-refractivity contribution in [3.8, 4) is 0 Å². The summed E-state index contributed by atoms with van der Waals surface area (Å²) in [5, 5.41) is 12.1. The number of hydrogen-bond donors (Lipinski definition) is 2. The van der Waals surface area contributed by atoms with Gasteiger partial charge in [-0.15, -0.1) is 11.8 Å². The molecule has 0 unspecified atom stereocenters. The van der Waals surface area contributed by atoms with E-state index in [0.29, 0.717) is 19.3 Å². The Labute approximate surface area is 129 Å². The second kappa shape index (κ2) is 7.50. The van der Waals surface area contributed by atoms with Crippen molar-refractivity contribution < 1.29 is 14.7 Å². The number of amides is 1. The van der Waals surface area contributed by atoms with Gasteiger partial charge in [0.1, 0.15) is 5.54 Å². The molecule has 0 spiro atoms. The fourth-order valence-corrected chi connectivity index (χ4v) is 3.51. The third-order valence-corrected chi connectivity index (χ3v) is 4.90. The topological polar surface area (TPSA) is 66.4 Å². The van der Waals surface area contributed by atoms with E-state index in [-0.39, 0.29) is 5.91 Å². The van der Waals surface area contributed by atoms with Crippen molar-refractivity contribution in [2.45, 2.75) is 49.0 Å². The maximum absolute atomic E-state index is 11.9. The number of carboxylic acid groups (broad SMARTS) is 1. The summed E-state index contributed by atoms with van der Waals surface area (Å²) >= 11 is 1.71. The maximum atomic E-state index is 11.9. The van der Waals surface area contributed by atoms with Crippen LogP contribution < -0.4 is 5.32 Å². The molecule has 21 heavy (non-hydrogen) atoms. The molecule has 1 aliphatic carbocycles. The van der Waals surface area contributed by atoms with E-state index in [0.717, 1.165) is 25.0 Å². The molecule has 0 heterocycles. The molecule has 2 rings (SSSR count). The zero-order valence-corrected chi connectivity index (χ0v) is 12.8. The van der Waals surface area contributed by atoms with Gasteiger partial charge in [0, 0.05) is 11.3 Å². The van der Waals surface area contributed by atoms with Crippen LogP contribution in [0.3, 0.4) is 0 Å². The molecule has 1 fully saturated rings. The van der Waals surface area contributed by atoms with Gasteiger partial charge in [0.05, 0.1) is 0 Å². The number of carbonyl (C=O) groups is 2. The van der Waals surface area contributed by atoms with Crippen LogP contribution in [-0.2, 0) is 9.59 Å². The molecule has 0 atom stereocenters. The van der Waals surface area contributed by atoms with E-state index in [1.54, 1.807) is 11.8 Å². The average molecular weight is 307 g/mol. The van der Waals surface area contributed by atoms with Gasteiger partial charge in [0.25, 0.3) is 0 Å². The van der Waals surface area contributed by atoms with Crippen LogP contribution in [0.5, 0.6) is 0 Å². The third-order valence-electron chi connectivity index (χ3n) is 3.81. The van der Waals surface area contributed by atoms with Crippen molar-refractivity contribution in [3.63, 3.8) is 0 Å². The second-order valence-electron chi connectivity index (χ2n) is 5.41.